The monoisotopic (exact) mass is 355 g/mol. The van der Waals surface area contributed by atoms with Gasteiger partial charge >= 0.3 is 5.97 Å². The molecule has 1 N–H and O–H groups in total. The van der Waals surface area contributed by atoms with Crippen LogP contribution in [0, 0.1) is 6.92 Å². The van der Waals surface area contributed by atoms with Crippen LogP contribution in [0.4, 0.5) is 0 Å². The second-order valence-electron chi connectivity index (χ2n) is 5.98. The van der Waals surface area contributed by atoms with Gasteiger partial charge in [-0.1, -0.05) is 31.2 Å². The Morgan fingerprint density at radius 1 is 1.04 bits per heavy atom. The predicted molar refractivity (Wildman–Crippen MR) is 100 cm³/mol. The Morgan fingerprint density at radius 3 is 2.46 bits per heavy atom. The highest BCUT2D eigenvalue weighted by atomic mass is 16.5. The van der Waals surface area contributed by atoms with E-state index in [0.29, 0.717) is 24.5 Å². The first-order valence-corrected chi connectivity index (χ1v) is 8.81. The van der Waals surface area contributed by atoms with Gasteiger partial charge in [-0.2, -0.15) is 0 Å². The first kappa shape index (κ1) is 19.5. The van der Waals surface area contributed by atoms with Crippen LogP contribution in [-0.2, 0) is 16.0 Å². The highest BCUT2D eigenvalue weighted by Gasteiger charge is 2.10. The Balaban J connectivity index is 1.71. The third kappa shape index (κ3) is 6.24. The van der Waals surface area contributed by atoms with Crippen LogP contribution in [0.3, 0.4) is 0 Å². The second-order valence-corrected chi connectivity index (χ2v) is 5.98. The van der Waals surface area contributed by atoms with E-state index < -0.39 is 5.97 Å². The molecule has 1 amide bonds. The number of esters is 1. The average Bonchev–Trinajstić information content (AvgIpc) is 2.66. The van der Waals surface area contributed by atoms with Gasteiger partial charge in [-0.25, -0.2) is 4.79 Å². The van der Waals surface area contributed by atoms with E-state index in [0.717, 1.165) is 12.8 Å². The van der Waals surface area contributed by atoms with Gasteiger partial charge in [0.05, 0.1) is 12.2 Å². The number of aryl methyl sites for hydroxylation is 1. The summed E-state index contributed by atoms with van der Waals surface area (Å²) in [5, 5.41) is 2.76. The van der Waals surface area contributed by atoms with Crippen molar-refractivity contribution in [2.45, 2.75) is 26.7 Å². The van der Waals surface area contributed by atoms with Gasteiger partial charge in [0, 0.05) is 6.54 Å². The molecule has 0 fully saturated rings. The Morgan fingerprint density at radius 2 is 1.77 bits per heavy atom. The third-order valence-electron chi connectivity index (χ3n) is 3.87. The highest BCUT2D eigenvalue weighted by molar-refractivity contribution is 5.91. The standard InChI is InChI=1S/C21H25NO4/c1-3-14-25-19-10-8-18(9-11-19)21(24)26-15-20(23)22-13-12-17-7-5-4-6-16(17)2/h4-11H,3,12-15H2,1-2H3,(H,22,23). The normalized spacial score (nSPS) is 10.2. The maximum absolute atomic E-state index is 12.0. The molecule has 0 aliphatic rings. The molecule has 2 aromatic carbocycles. The van der Waals surface area contributed by atoms with E-state index in [9.17, 15) is 9.59 Å². The SMILES string of the molecule is CCCOc1ccc(C(=O)OCC(=O)NCCc2ccccc2C)cc1. The summed E-state index contributed by atoms with van der Waals surface area (Å²) in [6.07, 6.45) is 1.66. The molecule has 2 aromatic rings. The largest absolute Gasteiger partial charge is 0.494 e. The van der Waals surface area contributed by atoms with Crippen molar-refractivity contribution in [1.29, 1.82) is 0 Å². The van der Waals surface area contributed by atoms with E-state index in [1.54, 1.807) is 24.3 Å². The van der Waals surface area contributed by atoms with Crippen molar-refractivity contribution < 1.29 is 19.1 Å². The molecule has 0 heterocycles. The number of carbonyl (C=O) groups excluding carboxylic acids is 2. The van der Waals surface area contributed by atoms with E-state index in [2.05, 4.69) is 5.32 Å². The number of hydrogen-bond acceptors (Lipinski definition) is 4. The summed E-state index contributed by atoms with van der Waals surface area (Å²) in [5.74, 6) is -0.131. The minimum atomic E-state index is -0.527. The molecule has 0 saturated carbocycles. The van der Waals surface area contributed by atoms with Crippen LogP contribution < -0.4 is 10.1 Å². The fourth-order valence-corrected chi connectivity index (χ4v) is 2.40. The number of amides is 1. The van der Waals surface area contributed by atoms with Crippen molar-refractivity contribution >= 4 is 11.9 Å². The van der Waals surface area contributed by atoms with Crippen LogP contribution in [0.15, 0.2) is 48.5 Å². The Bertz CT molecular complexity index is 725. The van der Waals surface area contributed by atoms with Gasteiger partial charge in [-0.15, -0.1) is 0 Å². The fraction of sp³-hybridized carbons (Fsp3) is 0.333. The van der Waals surface area contributed by atoms with Crippen molar-refractivity contribution in [3.05, 3.63) is 65.2 Å². The second kappa shape index (κ2) is 10.2. The average molecular weight is 355 g/mol. The van der Waals surface area contributed by atoms with E-state index in [1.165, 1.54) is 11.1 Å². The molecule has 0 bridgehead atoms. The number of benzene rings is 2. The maximum atomic E-state index is 12.0. The molecule has 2 rings (SSSR count). The summed E-state index contributed by atoms with van der Waals surface area (Å²) in [6, 6.07) is 14.7. The minimum absolute atomic E-state index is 0.291. The third-order valence-corrected chi connectivity index (χ3v) is 3.87. The lowest BCUT2D eigenvalue weighted by atomic mass is 10.1. The summed E-state index contributed by atoms with van der Waals surface area (Å²) in [7, 11) is 0. The number of rotatable bonds is 9. The van der Waals surface area contributed by atoms with Gasteiger partial charge < -0.3 is 14.8 Å². The zero-order valence-electron chi connectivity index (χ0n) is 15.3. The van der Waals surface area contributed by atoms with Crippen molar-refractivity contribution in [3.63, 3.8) is 0 Å². The van der Waals surface area contributed by atoms with Gasteiger partial charge in [0.1, 0.15) is 5.75 Å². The summed E-state index contributed by atoms with van der Waals surface area (Å²) < 4.78 is 10.5. The first-order chi connectivity index (χ1) is 12.6. The zero-order valence-corrected chi connectivity index (χ0v) is 15.3. The van der Waals surface area contributed by atoms with Crippen LogP contribution in [0.5, 0.6) is 5.75 Å². The van der Waals surface area contributed by atoms with Crippen LogP contribution in [0.2, 0.25) is 0 Å². The summed E-state index contributed by atoms with van der Waals surface area (Å²) >= 11 is 0. The lowest BCUT2D eigenvalue weighted by Gasteiger charge is -2.09. The summed E-state index contributed by atoms with van der Waals surface area (Å²) in [5.41, 5.74) is 2.77. The molecule has 0 aromatic heterocycles. The quantitative estimate of drug-likeness (QED) is 0.701. The lowest BCUT2D eigenvalue weighted by molar-refractivity contribution is -0.124. The fourth-order valence-electron chi connectivity index (χ4n) is 2.40. The van der Waals surface area contributed by atoms with E-state index in [-0.39, 0.29) is 12.5 Å². The van der Waals surface area contributed by atoms with Gasteiger partial charge in [0.2, 0.25) is 0 Å². The molecule has 0 unspecified atom stereocenters. The molecular weight excluding hydrogens is 330 g/mol. The Labute approximate surface area is 154 Å². The molecule has 0 atom stereocenters. The van der Waals surface area contributed by atoms with E-state index >= 15 is 0 Å². The molecule has 0 aliphatic carbocycles. The Hall–Kier alpha value is -2.82. The van der Waals surface area contributed by atoms with Crippen LogP contribution in [-0.4, -0.2) is 31.6 Å². The van der Waals surface area contributed by atoms with Crippen molar-refractivity contribution in [1.82, 2.24) is 5.32 Å². The number of ether oxygens (including phenoxy) is 2. The lowest BCUT2D eigenvalue weighted by Crippen LogP contribution is -2.30. The zero-order chi connectivity index (χ0) is 18.8. The van der Waals surface area contributed by atoms with E-state index in [4.69, 9.17) is 9.47 Å². The minimum Gasteiger partial charge on any atom is -0.494 e. The van der Waals surface area contributed by atoms with Crippen LogP contribution in [0.25, 0.3) is 0 Å². The van der Waals surface area contributed by atoms with Crippen molar-refractivity contribution in [2.75, 3.05) is 19.8 Å². The van der Waals surface area contributed by atoms with Gasteiger partial charge in [-0.05, 0) is 55.2 Å². The van der Waals surface area contributed by atoms with E-state index in [1.807, 2.05) is 38.1 Å². The molecule has 0 spiro atoms. The molecule has 138 valence electrons. The molecule has 26 heavy (non-hydrogen) atoms. The van der Waals surface area contributed by atoms with Crippen molar-refractivity contribution in [2.24, 2.45) is 0 Å². The van der Waals surface area contributed by atoms with Crippen molar-refractivity contribution in [3.8, 4) is 5.75 Å². The molecule has 0 saturated heterocycles. The number of carbonyl (C=O) groups is 2. The van der Waals surface area contributed by atoms with Gasteiger partial charge in [0.15, 0.2) is 6.61 Å². The molecule has 5 heteroatoms. The van der Waals surface area contributed by atoms with Crippen LogP contribution >= 0.6 is 0 Å². The Kier molecular flexibility index (Phi) is 7.68. The van der Waals surface area contributed by atoms with Crippen LogP contribution in [0.1, 0.15) is 34.8 Å². The van der Waals surface area contributed by atoms with Gasteiger partial charge in [-0.3, -0.25) is 4.79 Å². The molecule has 0 aliphatic heterocycles. The number of nitrogens with one attached hydrogen (secondary N) is 1. The molecular formula is C21H25NO4. The molecule has 5 nitrogen and oxygen atoms in total. The summed E-state index contributed by atoms with van der Waals surface area (Å²) in [6.45, 7) is 4.91. The maximum Gasteiger partial charge on any atom is 0.338 e. The predicted octanol–water partition coefficient (Wildman–Crippen LogP) is 3.30. The first-order valence-electron chi connectivity index (χ1n) is 8.81. The number of hydrogen-bond donors (Lipinski definition) is 1. The smallest absolute Gasteiger partial charge is 0.338 e. The molecule has 0 radical (unpaired) electrons. The summed E-state index contributed by atoms with van der Waals surface area (Å²) in [4.78, 5) is 23.8. The topological polar surface area (TPSA) is 64.6 Å². The van der Waals surface area contributed by atoms with Gasteiger partial charge in [0.25, 0.3) is 5.91 Å². The highest BCUT2D eigenvalue weighted by Crippen LogP contribution is 2.13.